The van der Waals surface area contributed by atoms with Crippen LogP contribution < -0.4 is 9.16 Å². The van der Waals surface area contributed by atoms with Crippen molar-refractivity contribution in [2.24, 2.45) is 11.8 Å². The molecular formula is C28H47N3O2Si. The van der Waals surface area contributed by atoms with Crippen LogP contribution in [0.25, 0.3) is 11.4 Å². The first-order valence-electron chi connectivity index (χ1n) is 13.7. The molecule has 0 radical (unpaired) electrons. The Morgan fingerprint density at radius 2 is 1.50 bits per heavy atom. The number of nitrogens with zero attached hydrogens (tertiary/aromatic N) is 3. The summed E-state index contributed by atoms with van der Waals surface area (Å²) >= 11 is 0. The van der Waals surface area contributed by atoms with Gasteiger partial charge < -0.3 is 9.16 Å². The van der Waals surface area contributed by atoms with E-state index < -0.39 is 9.76 Å². The molecule has 0 amide bonds. The second kappa shape index (κ2) is 17.5. The van der Waals surface area contributed by atoms with E-state index in [9.17, 15) is 0 Å². The van der Waals surface area contributed by atoms with E-state index in [1.54, 1.807) is 6.20 Å². The first-order chi connectivity index (χ1) is 16.6. The molecule has 2 atom stereocenters. The van der Waals surface area contributed by atoms with E-state index in [1.807, 2.05) is 24.3 Å². The van der Waals surface area contributed by atoms with Crippen molar-refractivity contribution in [3.8, 4) is 23.0 Å². The Morgan fingerprint density at radius 1 is 0.765 bits per heavy atom. The van der Waals surface area contributed by atoms with Gasteiger partial charge in [-0.2, -0.15) is 0 Å². The molecule has 0 saturated carbocycles. The second-order valence-electron chi connectivity index (χ2n) is 9.82. The van der Waals surface area contributed by atoms with Gasteiger partial charge in [0.15, 0.2) is 0 Å². The Kier molecular flexibility index (Phi) is 14.5. The lowest BCUT2D eigenvalue weighted by molar-refractivity contribution is 0.303. The standard InChI is InChI=1S/C28H47N3O2Si/c1-5-7-9-10-11-12-20-32-25-16-17-26(29-21-25)27-18-19-28(31-30-27)33-34-22-24(4)15-14-23(3)13-8-6-2/h16-19,21,23-24H,5-15,20,22,34H2,1-4H3. The maximum atomic E-state index is 5.97. The Morgan fingerprint density at radius 3 is 2.21 bits per heavy atom. The summed E-state index contributed by atoms with van der Waals surface area (Å²) in [6.07, 6.45) is 16.0. The fourth-order valence-corrected chi connectivity index (χ4v) is 5.17. The van der Waals surface area contributed by atoms with Gasteiger partial charge >= 0.3 is 0 Å². The van der Waals surface area contributed by atoms with Gasteiger partial charge in [-0.3, -0.25) is 4.98 Å². The van der Waals surface area contributed by atoms with E-state index in [1.165, 1.54) is 70.3 Å². The Bertz CT molecular complexity index is 755. The summed E-state index contributed by atoms with van der Waals surface area (Å²) in [5.41, 5.74) is 1.56. The molecule has 6 heteroatoms. The van der Waals surface area contributed by atoms with Crippen LogP contribution in [0.15, 0.2) is 30.5 Å². The first-order valence-corrected chi connectivity index (χ1v) is 15.3. The number of rotatable bonds is 19. The molecule has 190 valence electrons. The van der Waals surface area contributed by atoms with Crippen LogP contribution in [0.1, 0.15) is 98.3 Å². The summed E-state index contributed by atoms with van der Waals surface area (Å²) in [5.74, 6) is 3.02. The summed E-state index contributed by atoms with van der Waals surface area (Å²) in [6, 6.07) is 8.94. The third-order valence-electron chi connectivity index (χ3n) is 6.47. The molecule has 2 heterocycles. The Balaban J connectivity index is 1.66. The van der Waals surface area contributed by atoms with Crippen molar-refractivity contribution in [2.75, 3.05) is 6.61 Å². The van der Waals surface area contributed by atoms with Gasteiger partial charge in [0.1, 0.15) is 11.4 Å². The van der Waals surface area contributed by atoms with E-state index in [2.05, 4.69) is 42.9 Å². The number of pyridine rings is 1. The molecule has 5 nitrogen and oxygen atoms in total. The van der Waals surface area contributed by atoms with Crippen molar-refractivity contribution in [2.45, 2.75) is 104 Å². The lowest BCUT2D eigenvalue weighted by Gasteiger charge is -2.15. The van der Waals surface area contributed by atoms with Crippen LogP contribution in [0, 0.1) is 11.8 Å². The molecule has 2 unspecified atom stereocenters. The predicted molar refractivity (Wildman–Crippen MR) is 145 cm³/mol. The highest BCUT2D eigenvalue weighted by atomic mass is 28.2. The van der Waals surface area contributed by atoms with Crippen LogP contribution in [0.2, 0.25) is 6.04 Å². The van der Waals surface area contributed by atoms with E-state index in [-0.39, 0.29) is 0 Å². The number of ether oxygens (including phenoxy) is 1. The largest absolute Gasteiger partial charge is 0.535 e. The van der Waals surface area contributed by atoms with E-state index >= 15 is 0 Å². The molecule has 2 rings (SSSR count). The normalized spacial score (nSPS) is 13.3. The molecule has 0 bridgehead atoms. The topological polar surface area (TPSA) is 57.1 Å². The zero-order chi connectivity index (χ0) is 24.4. The van der Waals surface area contributed by atoms with Crippen LogP contribution in [-0.2, 0) is 0 Å². The molecule has 0 spiro atoms. The number of hydrogen-bond acceptors (Lipinski definition) is 5. The monoisotopic (exact) mass is 485 g/mol. The molecule has 0 fully saturated rings. The zero-order valence-electron chi connectivity index (χ0n) is 22.1. The minimum Gasteiger partial charge on any atom is -0.535 e. The number of hydrogen-bond donors (Lipinski definition) is 0. The van der Waals surface area contributed by atoms with Crippen LogP contribution in [0.3, 0.4) is 0 Å². The van der Waals surface area contributed by atoms with Crippen LogP contribution >= 0.6 is 0 Å². The first kappa shape index (κ1) is 28.3. The lowest BCUT2D eigenvalue weighted by atomic mass is 9.95. The molecule has 0 aliphatic carbocycles. The fraction of sp³-hybridized carbons (Fsp3) is 0.679. The van der Waals surface area contributed by atoms with Crippen LogP contribution in [0.4, 0.5) is 0 Å². The highest BCUT2D eigenvalue weighted by Crippen LogP contribution is 2.21. The SMILES string of the molecule is CCCCCCCCOc1ccc(-c2ccc(O[SiH2]CC(C)CCC(C)CCCC)nn2)nc1. The van der Waals surface area contributed by atoms with Gasteiger partial charge in [0.2, 0.25) is 15.6 Å². The van der Waals surface area contributed by atoms with Crippen molar-refractivity contribution >= 4 is 9.76 Å². The highest BCUT2D eigenvalue weighted by molar-refractivity contribution is 6.28. The average molecular weight is 486 g/mol. The van der Waals surface area contributed by atoms with Gasteiger partial charge in [-0.25, -0.2) is 0 Å². The molecule has 0 aliphatic heterocycles. The van der Waals surface area contributed by atoms with Gasteiger partial charge in [-0.05, 0) is 42.5 Å². The van der Waals surface area contributed by atoms with Crippen LogP contribution in [-0.4, -0.2) is 31.6 Å². The third kappa shape index (κ3) is 12.0. The molecular weight excluding hydrogens is 438 g/mol. The van der Waals surface area contributed by atoms with Crippen molar-refractivity contribution < 1.29 is 9.16 Å². The molecule has 0 saturated heterocycles. The highest BCUT2D eigenvalue weighted by Gasteiger charge is 2.09. The van der Waals surface area contributed by atoms with Crippen molar-refractivity contribution in [1.82, 2.24) is 15.2 Å². The fourth-order valence-electron chi connectivity index (χ4n) is 4.00. The maximum Gasteiger partial charge on any atom is 0.221 e. The second-order valence-corrected chi connectivity index (χ2v) is 11.1. The van der Waals surface area contributed by atoms with Crippen molar-refractivity contribution in [3.05, 3.63) is 30.5 Å². The summed E-state index contributed by atoms with van der Waals surface area (Å²) in [4.78, 5) is 4.50. The summed E-state index contributed by atoms with van der Waals surface area (Å²) in [6.45, 7) is 10.0. The lowest BCUT2D eigenvalue weighted by Crippen LogP contribution is -2.09. The quantitative estimate of drug-likeness (QED) is 0.153. The molecule has 0 N–H and O–H groups in total. The summed E-state index contributed by atoms with van der Waals surface area (Å²) < 4.78 is 11.8. The molecule has 34 heavy (non-hydrogen) atoms. The maximum absolute atomic E-state index is 5.97. The van der Waals surface area contributed by atoms with E-state index in [4.69, 9.17) is 9.16 Å². The van der Waals surface area contributed by atoms with Gasteiger partial charge in [0.25, 0.3) is 0 Å². The Hall–Kier alpha value is -1.95. The number of unbranched alkanes of at least 4 members (excludes halogenated alkanes) is 6. The minimum absolute atomic E-state index is 0.627. The van der Waals surface area contributed by atoms with E-state index in [0.717, 1.165) is 42.0 Å². The minimum atomic E-state index is -0.627. The molecule has 0 aromatic carbocycles. The van der Waals surface area contributed by atoms with Gasteiger partial charge in [-0.1, -0.05) is 91.9 Å². The summed E-state index contributed by atoms with van der Waals surface area (Å²) in [5, 5.41) is 8.58. The zero-order valence-corrected chi connectivity index (χ0v) is 23.5. The smallest absolute Gasteiger partial charge is 0.221 e. The molecule has 0 aliphatic rings. The average Bonchev–Trinajstić information content (AvgIpc) is 2.86. The van der Waals surface area contributed by atoms with E-state index in [0.29, 0.717) is 5.88 Å². The summed E-state index contributed by atoms with van der Waals surface area (Å²) in [7, 11) is -0.627. The van der Waals surface area contributed by atoms with Gasteiger partial charge in [0, 0.05) is 6.07 Å². The van der Waals surface area contributed by atoms with Crippen molar-refractivity contribution in [1.29, 1.82) is 0 Å². The third-order valence-corrected chi connectivity index (χ3v) is 8.19. The molecule has 2 aromatic rings. The van der Waals surface area contributed by atoms with Gasteiger partial charge in [-0.15, -0.1) is 10.2 Å². The van der Waals surface area contributed by atoms with Crippen molar-refractivity contribution in [3.63, 3.8) is 0 Å². The molecule has 2 aromatic heterocycles. The van der Waals surface area contributed by atoms with Crippen LogP contribution in [0.5, 0.6) is 11.6 Å². The Labute approximate surface area is 210 Å². The number of aromatic nitrogens is 3. The predicted octanol–water partition coefficient (Wildman–Crippen LogP) is 7.40. The van der Waals surface area contributed by atoms with Gasteiger partial charge in [0.05, 0.1) is 18.5 Å².